The Balaban J connectivity index is 1.80. The van der Waals surface area contributed by atoms with E-state index in [0.717, 1.165) is 11.3 Å². The van der Waals surface area contributed by atoms with E-state index in [1.54, 1.807) is 48.8 Å². The number of fused-ring (bicyclic) bond motifs is 3. The molecule has 1 aromatic heterocycles. The van der Waals surface area contributed by atoms with Gasteiger partial charge in [0.2, 0.25) is 5.91 Å². The molecule has 0 bridgehead atoms. The summed E-state index contributed by atoms with van der Waals surface area (Å²) >= 11 is 0. The third-order valence-corrected chi connectivity index (χ3v) is 6.83. The number of Topliss-reactive ketones (excluding diaryl/α,β-unsaturated/α-hetero) is 1. The number of primary amides is 1. The molecule has 7 nitrogen and oxygen atoms in total. The van der Waals surface area contributed by atoms with Gasteiger partial charge in [0.25, 0.3) is 0 Å². The molecule has 4 atom stereocenters. The largest absolute Gasteiger partial charge is 0.497 e. The van der Waals surface area contributed by atoms with Crippen molar-refractivity contribution >= 4 is 23.5 Å². The Morgan fingerprint density at radius 3 is 2.59 bits per heavy atom. The van der Waals surface area contributed by atoms with Crippen molar-refractivity contribution in [3.05, 3.63) is 95.8 Å². The van der Waals surface area contributed by atoms with Gasteiger partial charge in [0, 0.05) is 29.6 Å². The molecule has 0 radical (unpaired) electrons. The number of ether oxygens (including phenoxy) is 1. The summed E-state index contributed by atoms with van der Waals surface area (Å²) < 4.78 is 5.33. The van der Waals surface area contributed by atoms with Gasteiger partial charge in [0.05, 0.1) is 19.2 Å². The molecule has 2 aliphatic rings. The van der Waals surface area contributed by atoms with Crippen molar-refractivity contribution in [3.8, 4) is 11.8 Å². The number of nitriles is 1. The lowest BCUT2D eigenvalue weighted by atomic mass is 9.67. The van der Waals surface area contributed by atoms with Crippen LogP contribution in [-0.4, -0.2) is 35.9 Å². The van der Waals surface area contributed by atoms with E-state index in [2.05, 4.69) is 11.1 Å². The molecule has 1 saturated heterocycles. The Hall–Kier alpha value is -4.44. The molecular formula is C27H22N4O3. The summed E-state index contributed by atoms with van der Waals surface area (Å²) in [7, 11) is 1.54. The van der Waals surface area contributed by atoms with Crippen LogP contribution in [0, 0.1) is 16.7 Å². The Kier molecular flexibility index (Phi) is 5.14. The molecule has 0 aliphatic carbocycles. The molecule has 168 valence electrons. The van der Waals surface area contributed by atoms with Crippen LogP contribution in [0.3, 0.4) is 0 Å². The minimum Gasteiger partial charge on any atom is -0.497 e. The van der Waals surface area contributed by atoms with Gasteiger partial charge in [0.15, 0.2) is 11.2 Å². The van der Waals surface area contributed by atoms with E-state index in [1.165, 1.54) is 7.11 Å². The lowest BCUT2D eigenvalue weighted by molar-refractivity contribution is -0.125. The van der Waals surface area contributed by atoms with Crippen LogP contribution in [-0.2, 0) is 4.79 Å². The molecule has 34 heavy (non-hydrogen) atoms. The van der Waals surface area contributed by atoms with Gasteiger partial charge in [-0.05, 0) is 41.5 Å². The first-order valence-corrected chi connectivity index (χ1v) is 10.9. The molecule has 0 spiro atoms. The Bertz CT molecular complexity index is 1350. The van der Waals surface area contributed by atoms with Crippen LogP contribution in [0.4, 0.5) is 5.69 Å². The summed E-state index contributed by atoms with van der Waals surface area (Å²) in [6, 6.07) is 18.6. The van der Waals surface area contributed by atoms with Gasteiger partial charge in [-0.2, -0.15) is 5.26 Å². The average molecular weight is 450 g/mol. The quantitative estimate of drug-likeness (QED) is 0.597. The third kappa shape index (κ3) is 3.00. The Morgan fingerprint density at radius 2 is 1.88 bits per heavy atom. The molecular weight excluding hydrogens is 428 g/mol. The predicted octanol–water partition coefficient (Wildman–Crippen LogP) is 3.34. The van der Waals surface area contributed by atoms with Crippen LogP contribution >= 0.6 is 0 Å². The fraction of sp³-hybridized carbons (Fsp3) is 0.185. The van der Waals surface area contributed by atoms with Crippen molar-refractivity contribution in [2.75, 3.05) is 12.0 Å². The molecule has 2 aromatic carbocycles. The van der Waals surface area contributed by atoms with E-state index in [1.807, 2.05) is 41.3 Å². The van der Waals surface area contributed by atoms with Crippen LogP contribution < -0.4 is 15.4 Å². The van der Waals surface area contributed by atoms with Crippen molar-refractivity contribution in [2.45, 2.75) is 18.0 Å². The first-order chi connectivity index (χ1) is 16.5. The number of hydrogen-bond acceptors (Lipinski definition) is 6. The first-order valence-electron chi connectivity index (χ1n) is 10.9. The number of benzene rings is 2. The minimum atomic E-state index is -1.68. The van der Waals surface area contributed by atoms with E-state index >= 15 is 0 Å². The number of ketones is 1. The topological polar surface area (TPSA) is 109 Å². The number of carbonyl (C=O) groups excluding carboxylic acids is 2. The van der Waals surface area contributed by atoms with Gasteiger partial charge in [0.1, 0.15) is 11.8 Å². The van der Waals surface area contributed by atoms with Gasteiger partial charge in [-0.25, -0.2) is 0 Å². The van der Waals surface area contributed by atoms with Crippen molar-refractivity contribution in [1.29, 1.82) is 5.26 Å². The van der Waals surface area contributed by atoms with Crippen LogP contribution in [0.25, 0.3) is 6.08 Å². The molecule has 5 rings (SSSR count). The summed E-state index contributed by atoms with van der Waals surface area (Å²) in [5, 5.41) is 10.5. The van der Waals surface area contributed by atoms with Gasteiger partial charge >= 0.3 is 0 Å². The van der Waals surface area contributed by atoms with Crippen molar-refractivity contribution in [2.24, 2.45) is 11.1 Å². The molecule has 2 aliphatic heterocycles. The van der Waals surface area contributed by atoms with Crippen molar-refractivity contribution < 1.29 is 14.3 Å². The summed E-state index contributed by atoms with van der Waals surface area (Å²) in [6.45, 7) is 0. The second-order valence-electron chi connectivity index (χ2n) is 8.41. The van der Waals surface area contributed by atoms with E-state index in [0.29, 0.717) is 16.9 Å². The summed E-state index contributed by atoms with van der Waals surface area (Å²) in [4.78, 5) is 33.3. The summed E-state index contributed by atoms with van der Waals surface area (Å²) in [5.41, 5.74) is 7.04. The first kappa shape index (κ1) is 21.4. The molecule has 1 fully saturated rings. The van der Waals surface area contributed by atoms with Crippen LogP contribution in [0.2, 0.25) is 0 Å². The van der Waals surface area contributed by atoms with Crippen LogP contribution in [0.5, 0.6) is 5.75 Å². The van der Waals surface area contributed by atoms with E-state index < -0.39 is 29.3 Å². The average Bonchev–Trinajstić information content (AvgIpc) is 3.20. The standard InChI is InChI=1S/C27H22N4O3/c1-34-20-7-4-6-19(15-20)25(32)24-23(18-11-13-30-14-12-18)27(16-28,26(29)33)22-10-9-17-5-2-3-8-21(17)31(22)24/h2-15,22-24H,1H3,(H2,29,33)/t22-,23+,24+,27-/m1/s1. The van der Waals surface area contributed by atoms with Gasteiger partial charge in [-0.15, -0.1) is 0 Å². The fourth-order valence-electron chi connectivity index (χ4n) is 5.32. The monoisotopic (exact) mass is 450 g/mol. The Labute approximate surface area is 197 Å². The van der Waals surface area contributed by atoms with Crippen molar-refractivity contribution in [3.63, 3.8) is 0 Å². The number of aromatic nitrogens is 1. The maximum Gasteiger partial charge on any atom is 0.241 e. The number of methoxy groups -OCH3 is 1. The third-order valence-electron chi connectivity index (χ3n) is 6.83. The number of carbonyl (C=O) groups is 2. The normalized spacial score (nSPS) is 24.6. The molecule has 7 heteroatoms. The number of para-hydroxylation sites is 1. The van der Waals surface area contributed by atoms with E-state index in [9.17, 15) is 14.9 Å². The number of hydrogen-bond donors (Lipinski definition) is 1. The van der Waals surface area contributed by atoms with E-state index in [4.69, 9.17) is 10.5 Å². The highest BCUT2D eigenvalue weighted by molar-refractivity contribution is 6.06. The lowest BCUT2D eigenvalue weighted by Gasteiger charge is -2.36. The van der Waals surface area contributed by atoms with Gasteiger partial charge < -0.3 is 15.4 Å². The number of anilines is 1. The zero-order valence-electron chi connectivity index (χ0n) is 18.5. The molecule has 1 amide bonds. The highest BCUT2D eigenvalue weighted by Gasteiger charge is 2.65. The number of nitrogens with two attached hydrogens (primary N) is 1. The molecule has 0 saturated carbocycles. The van der Waals surface area contributed by atoms with Gasteiger partial charge in [-0.1, -0.05) is 42.5 Å². The zero-order chi connectivity index (χ0) is 23.9. The highest BCUT2D eigenvalue weighted by Crippen LogP contribution is 2.55. The number of rotatable bonds is 5. The number of pyridine rings is 1. The maximum atomic E-state index is 14.2. The summed E-state index contributed by atoms with van der Waals surface area (Å²) in [6.07, 6.45) is 6.87. The second-order valence-corrected chi connectivity index (χ2v) is 8.41. The minimum absolute atomic E-state index is 0.228. The van der Waals surface area contributed by atoms with Gasteiger partial charge in [-0.3, -0.25) is 14.6 Å². The second kappa shape index (κ2) is 8.16. The zero-order valence-corrected chi connectivity index (χ0v) is 18.5. The SMILES string of the molecule is COc1cccc(C(=O)[C@@H]2[C@H](c3ccncc3)[C@](C#N)(C(N)=O)[C@H]3C=Cc4ccccc4N23)c1. The highest BCUT2D eigenvalue weighted by atomic mass is 16.5. The van der Waals surface area contributed by atoms with E-state index in [-0.39, 0.29) is 5.78 Å². The predicted molar refractivity (Wildman–Crippen MR) is 127 cm³/mol. The van der Waals surface area contributed by atoms with Crippen LogP contribution in [0.15, 0.2) is 79.1 Å². The fourth-order valence-corrected chi connectivity index (χ4v) is 5.32. The maximum absolute atomic E-state index is 14.2. The number of nitrogens with zero attached hydrogens (tertiary/aromatic N) is 3. The molecule has 2 N–H and O–H groups in total. The molecule has 3 heterocycles. The summed E-state index contributed by atoms with van der Waals surface area (Å²) in [5.74, 6) is -1.27. The smallest absolute Gasteiger partial charge is 0.241 e. The number of amides is 1. The van der Waals surface area contributed by atoms with Crippen molar-refractivity contribution in [1.82, 2.24) is 4.98 Å². The van der Waals surface area contributed by atoms with Crippen LogP contribution in [0.1, 0.15) is 27.4 Å². The Morgan fingerprint density at radius 1 is 1.12 bits per heavy atom. The molecule has 3 aromatic rings. The molecule has 0 unspecified atom stereocenters. The lowest BCUT2D eigenvalue weighted by Crippen LogP contribution is -2.49.